The zero-order valence-corrected chi connectivity index (χ0v) is 13.1. The summed E-state index contributed by atoms with van der Waals surface area (Å²) >= 11 is 13.8. The van der Waals surface area contributed by atoms with Crippen molar-refractivity contribution in [2.75, 3.05) is 0 Å². The lowest BCUT2D eigenvalue weighted by atomic mass is 10.1. The molecular weight excluding hydrogens is 321 g/mol. The molecule has 102 valence electrons. The summed E-state index contributed by atoms with van der Waals surface area (Å²) in [5, 5.41) is 12.5. The van der Waals surface area contributed by atoms with Gasteiger partial charge in [0.1, 0.15) is 0 Å². The van der Waals surface area contributed by atoms with Gasteiger partial charge in [0.25, 0.3) is 0 Å². The number of rotatable bonds is 2. The topological polar surface area (TPSA) is 23.8 Å². The molecule has 3 aromatic carbocycles. The van der Waals surface area contributed by atoms with Crippen LogP contribution < -0.4 is 0 Å². The molecule has 0 aliphatic heterocycles. The molecule has 3 rings (SSSR count). The average molecular weight is 330 g/mol. The third-order valence-corrected chi connectivity index (χ3v) is 4.93. The van der Waals surface area contributed by atoms with Crippen LogP contribution in [-0.4, -0.2) is 0 Å². The first kappa shape index (κ1) is 14.3. The predicted octanol–water partition coefficient (Wildman–Crippen LogP) is 6.17. The van der Waals surface area contributed by atoms with E-state index in [0.717, 1.165) is 20.6 Å². The van der Waals surface area contributed by atoms with E-state index in [2.05, 4.69) is 6.07 Å². The molecule has 0 amide bonds. The zero-order valence-electron chi connectivity index (χ0n) is 10.8. The highest BCUT2D eigenvalue weighted by Gasteiger charge is 2.09. The summed E-state index contributed by atoms with van der Waals surface area (Å²) in [6.07, 6.45) is 0. The van der Waals surface area contributed by atoms with E-state index < -0.39 is 0 Å². The summed E-state index contributed by atoms with van der Waals surface area (Å²) in [5.41, 5.74) is 0.673. The summed E-state index contributed by atoms with van der Waals surface area (Å²) < 4.78 is 0. The van der Waals surface area contributed by atoms with Crippen molar-refractivity contribution in [2.45, 2.75) is 9.79 Å². The summed E-state index contributed by atoms with van der Waals surface area (Å²) in [5.74, 6) is 0. The fraction of sp³-hybridized carbons (Fsp3) is 0. The van der Waals surface area contributed by atoms with Gasteiger partial charge in [-0.1, -0.05) is 59.2 Å². The van der Waals surface area contributed by atoms with Crippen LogP contribution in [0.1, 0.15) is 5.56 Å². The third-order valence-electron chi connectivity index (χ3n) is 3.12. The maximum atomic E-state index is 9.20. The molecule has 0 radical (unpaired) electrons. The van der Waals surface area contributed by atoms with Gasteiger partial charge in [0.15, 0.2) is 0 Å². The van der Waals surface area contributed by atoms with Gasteiger partial charge in [-0.25, -0.2) is 0 Å². The lowest BCUT2D eigenvalue weighted by Crippen LogP contribution is -1.83. The largest absolute Gasteiger partial charge is 0.192 e. The SMILES string of the molecule is N#Cc1ccc(Sc2cc(Cl)ccc2Cl)c2ccccc12. The molecule has 0 fully saturated rings. The van der Waals surface area contributed by atoms with E-state index in [-0.39, 0.29) is 0 Å². The predicted molar refractivity (Wildman–Crippen MR) is 89.2 cm³/mol. The van der Waals surface area contributed by atoms with Crippen molar-refractivity contribution in [3.63, 3.8) is 0 Å². The van der Waals surface area contributed by atoms with Crippen molar-refractivity contribution in [1.82, 2.24) is 0 Å². The van der Waals surface area contributed by atoms with E-state index in [0.29, 0.717) is 15.6 Å². The van der Waals surface area contributed by atoms with Gasteiger partial charge < -0.3 is 0 Å². The molecule has 0 unspecified atom stereocenters. The van der Waals surface area contributed by atoms with Crippen molar-refractivity contribution >= 4 is 45.7 Å². The number of fused-ring (bicyclic) bond motifs is 1. The summed E-state index contributed by atoms with van der Waals surface area (Å²) in [6.45, 7) is 0. The Kier molecular flexibility index (Phi) is 4.07. The molecule has 0 aromatic heterocycles. The van der Waals surface area contributed by atoms with Gasteiger partial charge in [-0.3, -0.25) is 0 Å². The molecule has 0 N–H and O–H groups in total. The van der Waals surface area contributed by atoms with E-state index in [4.69, 9.17) is 23.2 Å². The number of hydrogen-bond acceptors (Lipinski definition) is 2. The maximum Gasteiger partial charge on any atom is 0.0998 e. The van der Waals surface area contributed by atoms with E-state index in [1.807, 2.05) is 42.5 Å². The minimum atomic E-state index is 0.653. The lowest BCUT2D eigenvalue weighted by molar-refractivity contribution is 1.43. The zero-order chi connectivity index (χ0) is 14.8. The molecule has 0 spiro atoms. The highest BCUT2D eigenvalue weighted by atomic mass is 35.5. The van der Waals surface area contributed by atoms with E-state index in [1.165, 1.54) is 0 Å². The monoisotopic (exact) mass is 329 g/mol. The van der Waals surface area contributed by atoms with Gasteiger partial charge in [-0.05, 0) is 35.7 Å². The molecule has 0 saturated heterocycles. The third kappa shape index (κ3) is 2.87. The average Bonchev–Trinajstić information content (AvgIpc) is 2.51. The highest BCUT2D eigenvalue weighted by molar-refractivity contribution is 7.99. The molecule has 0 aliphatic carbocycles. The van der Waals surface area contributed by atoms with E-state index in [1.54, 1.807) is 23.9 Å². The number of halogens is 2. The second-order valence-corrected chi connectivity index (χ2v) is 6.37. The van der Waals surface area contributed by atoms with Gasteiger partial charge >= 0.3 is 0 Å². The van der Waals surface area contributed by atoms with Crippen LogP contribution in [0.4, 0.5) is 0 Å². The molecule has 1 nitrogen and oxygen atoms in total. The normalized spacial score (nSPS) is 10.5. The quantitative estimate of drug-likeness (QED) is 0.561. The van der Waals surface area contributed by atoms with Crippen molar-refractivity contribution in [2.24, 2.45) is 0 Å². The Hall–Kier alpha value is -1.66. The first-order chi connectivity index (χ1) is 10.2. The fourth-order valence-electron chi connectivity index (χ4n) is 2.13. The van der Waals surface area contributed by atoms with E-state index >= 15 is 0 Å². The van der Waals surface area contributed by atoms with Gasteiger partial charge in [0, 0.05) is 20.2 Å². The van der Waals surface area contributed by atoms with Gasteiger partial charge in [0.05, 0.1) is 16.7 Å². The Morgan fingerprint density at radius 1 is 0.857 bits per heavy atom. The maximum absolute atomic E-state index is 9.20. The summed E-state index contributed by atoms with van der Waals surface area (Å²) in [4.78, 5) is 1.95. The van der Waals surface area contributed by atoms with Crippen LogP contribution in [0.15, 0.2) is 64.4 Å². The summed E-state index contributed by atoms with van der Waals surface area (Å²) in [7, 11) is 0. The molecule has 0 heterocycles. The van der Waals surface area contributed by atoms with Gasteiger partial charge in [-0.15, -0.1) is 0 Å². The Morgan fingerprint density at radius 2 is 1.62 bits per heavy atom. The molecule has 3 aromatic rings. The van der Waals surface area contributed by atoms with Crippen molar-refractivity contribution in [3.05, 3.63) is 70.2 Å². The Bertz CT molecular complexity index is 868. The Morgan fingerprint density at radius 3 is 2.38 bits per heavy atom. The molecule has 0 atom stereocenters. The smallest absolute Gasteiger partial charge is 0.0998 e. The van der Waals surface area contributed by atoms with Crippen LogP contribution in [-0.2, 0) is 0 Å². The van der Waals surface area contributed by atoms with Crippen LogP contribution in [0.5, 0.6) is 0 Å². The number of benzene rings is 3. The van der Waals surface area contributed by atoms with Crippen LogP contribution in [0, 0.1) is 11.3 Å². The van der Waals surface area contributed by atoms with Crippen LogP contribution in [0.3, 0.4) is 0 Å². The highest BCUT2D eigenvalue weighted by Crippen LogP contribution is 2.39. The van der Waals surface area contributed by atoms with Crippen molar-refractivity contribution < 1.29 is 0 Å². The van der Waals surface area contributed by atoms with Crippen LogP contribution in [0.25, 0.3) is 10.8 Å². The summed E-state index contributed by atoms with van der Waals surface area (Å²) in [6, 6.07) is 19.3. The van der Waals surface area contributed by atoms with Crippen molar-refractivity contribution in [3.8, 4) is 6.07 Å². The molecule has 0 aliphatic rings. The van der Waals surface area contributed by atoms with Gasteiger partial charge in [-0.2, -0.15) is 5.26 Å². The fourth-order valence-corrected chi connectivity index (χ4v) is 3.61. The van der Waals surface area contributed by atoms with Crippen LogP contribution in [0.2, 0.25) is 10.0 Å². The van der Waals surface area contributed by atoms with E-state index in [9.17, 15) is 5.26 Å². The molecule has 0 saturated carbocycles. The minimum Gasteiger partial charge on any atom is -0.192 e. The number of nitriles is 1. The Balaban J connectivity index is 2.14. The standard InChI is InChI=1S/C17H9Cl2NS/c18-12-6-7-15(19)17(9-12)21-16-8-5-11(10-20)13-3-1-2-4-14(13)16/h1-9H. The Labute approximate surface area is 137 Å². The molecule has 4 heteroatoms. The first-order valence-corrected chi connectivity index (χ1v) is 7.81. The lowest BCUT2D eigenvalue weighted by Gasteiger charge is -2.09. The molecule has 0 bridgehead atoms. The number of hydrogen-bond donors (Lipinski definition) is 0. The second kappa shape index (κ2) is 5.99. The first-order valence-electron chi connectivity index (χ1n) is 6.24. The minimum absolute atomic E-state index is 0.653. The molecular formula is C17H9Cl2NS. The van der Waals surface area contributed by atoms with Crippen LogP contribution >= 0.6 is 35.0 Å². The number of nitrogens with zero attached hydrogens (tertiary/aromatic N) is 1. The molecule has 21 heavy (non-hydrogen) atoms. The van der Waals surface area contributed by atoms with Crippen molar-refractivity contribution in [1.29, 1.82) is 5.26 Å². The van der Waals surface area contributed by atoms with Gasteiger partial charge in [0.2, 0.25) is 0 Å². The second-order valence-electron chi connectivity index (χ2n) is 4.45.